The minimum atomic E-state index is 0.121. The van der Waals surface area contributed by atoms with Crippen molar-refractivity contribution in [3.05, 3.63) is 53.6 Å². The van der Waals surface area contributed by atoms with Crippen molar-refractivity contribution in [2.24, 2.45) is 0 Å². The van der Waals surface area contributed by atoms with E-state index in [9.17, 15) is 5.11 Å². The van der Waals surface area contributed by atoms with Crippen LogP contribution >= 0.6 is 23.5 Å². The molecule has 0 heterocycles. The molecule has 1 atom stereocenters. The molecule has 2 aromatic rings. The number of rotatable bonds is 12. The van der Waals surface area contributed by atoms with Gasteiger partial charge in [-0.05, 0) is 35.8 Å². The number of unbranched alkanes of at least 4 members (excludes halogenated alkanes) is 2. The molecule has 0 aliphatic heterocycles. The zero-order valence-electron chi connectivity index (χ0n) is 16.2. The Morgan fingerprint density at radius 1 is 0.963 bits per heavy atom. The number of hydrogen-bond acceptors (Lipinski definition) is 3. The van der Waals surface area contributed by atoms with Crippen molar-refractivity contribution in [1.82, 2.24) is 0 Å². The molecule has 2 rings (SSSR count). The van der Waals surface area contributed by atoms with Crippen LogP contribution in [-0.4, -0.2) is 31.8 Å². The smallest absolute Gasteiger partial charge is 0.118 e. The number of phenolic OH excluding ortho intramolecular Hbond substituents is 1. The summed E-state index contributed by atoms with van der Waals surface area (Å²) in [5.74, 6) is 3.12. The van der Waals surface area contributed by atoms with Crippen LogP contribution in [0.1, 0.15) is 50.2 Å². The average Bonchev–Trinajstić information content (AvgIpc) is 2.67. The van der Waals surface area contributed by atoms with Gasteiger partial charge in [0.2, 0.25) is 0 Å². The van der Waals surface area contributed by atoms with Gasteiger partial charge in [0.25, 0.3) is 0 Å². The van der Waals surface area contributed by atoms with Crippen molar-refractivity contribution in [2.75, 3.05) is 5.75 Å². The third kappa shape index (κ3) is 8.31. The van der Waals surface area contributed by atoms with Crippen molar-refractivity contribution in [3.63, 3.8) is 0 Å². The van der Waals surface area contributed by atoms with Crippen LogP contribution in [0.3, 0.4) is 0 Å². The zero-order chi connectivity index (χ0) is 19.5. The Morgan fingerprint density at radius 3 is 2.48 bits per heavy atom. The third-order valence-electron chi connectivity index (χ3n) is 4.59. The topological polar surface area (TPSA) is 20.2 Å². The summed E-state index contributed by atoms with van der Waals surface area (Å²) in [4.78, 5) is 0. The molecule has 0 aliphatic rings. The predicted octanol–water partition coefficient (Wildman–Crippen LogP) is 4.49. The molecule has 1 N–H and O–H groups in total. The van der Waals surface area contributed by atoms with Crippen LogP contribution in [0.5, 0.6) is 5.75 Å². The second-order valence-corrected chi connectivity index (χ2v) is 9.26. The van der Waals surface area contributed by atoms with E-state index in [1.165, 1.54) is 37.7 Å². The molecule has 0 spiro atoms. The van der Waals surface area contributed by atoms with E-state index >= 15 is 0 Å². The summed E-state index contributed by atoms with van der Waals surface area (Å²) in [5.41, 5.74) is 3.37. The van der Waals surface area contributed by atoms with Crippen LogP contribution in [0.4, 0.5) is 0 Å². The minimum absolute atomic E-state index is 0.121. The van der Waals surface area contributed by atoms with Crippen LogP contribution < -0.4 is 10.9 Å². The molecule has 0 fully saturated rings. The molecule has 0 saturated carbocycles. The summed E-state index contributed by atoms with van der Waals surface area (Å²) < 4.78 is 0. The predicted molar refractivity (Wildman–Crippen MR) is 125 cm³/mol. The maximum atomic E-state index is 9.77. The molecule has 0 aromatic heterocycles. The minimum Gasteiger partial charge on any atom is -0.509 e. The third-order valence-corrected chi connectivity index (χ3v) is 7.07. The molecule has 1 nitrogen and oxygen atoms in total. The van der Waals surface area contributed by atoms with Gasteiger partial charge in [-0.2, -0.15) is 23.5 Å². The lowest BCUT2D eigenvalue weighted by Gasteiger charge is -2.17. The largest absolute Gasteiger partial charge is 0.509 e. The molecular weight excluding hydrogens is 366 g/mol. The quantitative estimate of drug-likeness (QED) is 0.423. The Morgan fingerprint density at radius 2 is 1.74 bits per heavy atom. The first-order valence-corrected chi connectivity index (χ1v) is 11.9. The molecule has 5 heteroatoms. The first-order valence-electron chi connectivity index (χ1n) is 9.70. The van der Waals surface area contributed by atoms with E-state index in [4.69, 9.17) is 15.7 Å². The molecule has 4 radical (unpaired) electrons. The van der Waals surface area contributed by atoms with Gasteiger partial charge < -0.3 is 5.11 Å². The fourth-order valence-electron chi connectivity index (χ4n) is 2.91. The number of phenols is 1. The Hall–Kier alpha value is -0.930. The molecule has 0 saturated heterocycles. The summed E-state index contributed by atoms with van der Waals surface area (Å²) in [6.07, 6.45) is 6.39. The molecule has 27 heavy (non-hydrogen) atoms. The highest BCUT2D eigenvalue weighted by molar-refractivity contribution is 7.99. The van der Waals surface area contributed by atoms with E-state index in [-0.39, 0.29) is 5.75 Å². The number of aromatic hydroxyl groups is 1. The first-order chi connectivity index (χ1) is 13.1. The van der Waals surface area contributed by atoms with E-state index < -0.39 is 0 Å². The summed E-state index contributed by atoms with van der Waals surface area (Å²) in [6.45, 7) is 2.26. The highest BCUT2D eigenvalue weighted by Gasteiger charge is 2.10. The average molecular weight is 394 g/mol. The fourth-order valence-corrected chi connectivity index (χ4v) is 5.36. The summed E-state index contributed by atoms with van der Waals surface area (Å²) in [6, 6.07) is 14.1. The van der Waals surface area contributed by atoms with Gasteiger partial charge in [-0.25, -0.2) is 0 Å². The fraction of sp³-hybridized carbons (Fsp3) is 0.455. The number of benzene rings is 2. The second-order valence-electron chi connectivity index (χ2n) is 6.87. The molecule has 140 valence electrons. The summed E-state index contributed by atoms with van der Waals surface area (Å²) in [5, 5.41) is 10.5. The monoisotopic (exact) mass is 394 g/mol. The van der Waals surface area contributed by atoms with E-state index in [0.717, 1.165) is 22.8 Å². The van der Waals surface area contributed by atoms with Crippen molar-refractivity contribution in [2.45, 2.75) is 55.8 Å². The number of hydrogen-bond donors (Lipinski definition) is 1. The summed E-state index contributed by atoms with van der Waals surface area (Å²) >= 11 is 3.96. The van der Waals surface area contributed by atoms with E-state index in [1.807, 2.05) is 11.8 Å². The van der Waals surface area contributed by atoms with Gasteiger partial charge in [0.1, 0.15) is 21.4 Å². The highest BCUT2D eigenvalue weighted by atomic mass is 32.2. The Bertz CT molecular complexity index is 680. The van der Waals surface area contributed by atoms with Crippen LogP contribution in [0.2, 0.25) is 0 Å². The number of thioether (sulfide) groups is 2. The highest BCUT2D eigenvalue weighted by Crippen LogP contribution is 2.27. The normalized spacial score (nSPS) is 12.2. The molecule has 0 amide bonds. The Kier molecular flexibility index (Phi) is 10.4. The lowest BCUT2D eigenvalue weighted by atomic mass is 9.84. The van der Waals surface area contributed by atoms with Gasteiger partial charge >= 0.3 is 0 Å². The van der Waals surface area contributed by atoms with Crippen molar-refractivity contribution in [3.8, 4) is 5.75 Å². The van der Waals surface area contributed by atoms with E-state index in [0.29, 0.717) is 16.2 Å². The van der Waals surface area contributed by atoms with Gasteiger partial charge in [0.15, 0.2) is 0 Å². The van der Waals surface area contributed by atoms with E-state index in [2.05, 4.69) is 49.0 Å². The Labute approximate surface area is 175 Å². The van der Waals surface area contributed by atoms with Crippen LogP contribution in [0, 0.1) is 0 Å². The lowest BCUT2D eigenvalue weighted by Crippen LogP contribution is -2.17. The SMILES string of the molecule is [B]c1cc([B])c(CSCCC(CCCCC)SCc2ccccc2)cc1O. The van der Waals surface area contributed by atoms with Crippen molar-refractivity contribution >= 4 is 50.1 Å². The van der Waals surface area contributed by atoms with Gasteiger partial charge in [0, 0.05) is 16.8 Å². The van der Waals surface area contributed by atoms with Crippen molar-refractivity contribution in [1.29, 1.82) is 0 Å². The first kappa shape index (κ1) is 22.4. The molecule has 0 bridgehead atoms. The van der Waals surface area contributed by atoms with Gasteiger partial charge in [-0.15, -0.1) is 0 Å². The lowest BCUT2D eigenvalue weighted by molar-refractivity contribution is 0.479. The molecular formula is C22H28B2OS2. The molecule has 0 aliphatic carbocycles. The maximum absolute atomic E-state index is 9.77. The zero-order valence-corrected chi connectivity index (χ0v) is 17.8. The van der Waals surface area contributed by atoms with Gasteiger partial charge in [0.05, 0.1) is 0 Å². The van der Waals surface area contributed by atoms with E-state index in [1.54, 1.807) is 12.1 Å². The molecule has 1 unspecified atom stereocenters. The van der Waals surface area contributed by atoms with Gasteiger partial charge in [-0.3, -0.25) is 0 Å². The molecule has 2 aromatic carbocycles. The van der Waals surface area contributed by atoms with Crippen molar-refractivity contribution < 1.29 is 5.11 Å². The standard InChI is InChI=1S/C22H28B2OS2/c1-2-3-5-10-19(27-15-17-8-6-4-7-9-17)11-12-26-16-18-13-22(25)21(24)14-20(18)23/h4,6-9,13-14,19,25H,2-3,5,10-12,15-16H2,1H3. The second kappa shape index (κ2) is 12.5. The van der Waals surface area contributed by atoms with Gasteiger partial charge in [-0.1, -0.05) is 73.5 Å². The maximum Gasteiger partial charge on any atom is 0.118 e. The summed E-state index contributed by atoms with van der Waals surface area (Å²) in [7, 11) is 11.7. The van der Waals surface area contributed by atoms with Crippen LogP contribution in [-0.2, 0) is 11.5 Å². The van der Waals surface area contributed by atoms with Crippen LogP contribution in [0.15, 0.2) is 42.5 Å². The van der Waals surface area contributed by atoms with Crippen LogP contribution in [0.25, 0.3) is 0 Å². The Balaban J connectivity index is 1.79.